The van der Waals surface area contributed by atoms with Gasteiger partial charge < -0.3 is 9.67 Å². The molecule has 1 unspecified atom stereocenters. The van der Waals surface area contributed by atoms with Crippen LogP contribution in [-0.2, 0) is 13.0 Å². The molecular weight excluding hydrogens is 226 g/mol. The van der Waals surface area contributed by atoms with Crippen LogP contribution in [0.1, 0.15) is 34.7 Å². The zero-order valence-corrected chi connectivity index (χ0v) is 10.4. The Morgan fingerprint density at radius 3 is 2.56 bits per heavy atom. The average molecular weight is 243 g/mol. The lowest BCUT2D eigenvalue weighted by molar-refractivity contribution is 0.111. The first kappa shape index (κ1) is 12.6. The van der Waals surface area contributed by atoms with Crippen LogP contribution in [0.3, 0.4) is 0 Å². The summed E-state index contributed by atoms with van der Waals surface area (Å²) in [5.41, 5.74) is 2.61. The Kier molecular flexibility index (Phi) is 3.95. The minimum Gasteiger partial charge on any atom is -0.390 e. The van der Waals surface area contributed by atoms with Crippen molar-refractivity contribution in [2.75, 3.05) is 0 Å². The molecule has 0 amide bonds. The van der Waals surface area contributed by atoms with E-state index in [1.807, 2.05) is 22.8 Å². The van der Waals surface area contributed by atoms with Gasteiger partial charge in [-0.25, -0.2) is 0 Å². The second-order valence-corrected chi connectivity index (χ2v) is 4.43. The quantitative estimate of drug-likeness (QED) is 0.820. The summed E-state index contributed by atoms with van der Waals surface area (Å²) < 4.78 is 1.90. The number of rotatable bonds is 5. The molecule has 0 saturated heterocycles. The van der Waals surface area contributed by atoms with Crippen molar-refractivity contribution in [3.05, 3.63) is 59.4 Å². The molecule has 0 aliphatic carbocycles. The molecule has 2 aromatic rings. The fourth-order valence-electron chi connectivity index (χ4n) is 2.32. The van der Waals surface area contributed by atoms with Crippen LogP contribution in [0.4, 0.5) is 0 Å². The molecule has 1 heterocycles. The van der Waals surface area contributed by atoms with E-state index in [0.29, 0.717) is 5.69 Å². The molecule has 0 fully saturated rings. The Bertz CT molecular complexity index is 517. The smallest absolute Gasteiger partial charge is 0.166 e. The van der Waals surface area contributed by atoms with E-state index < -0.39 is 0 Å². The second-order valence-electron chi connectivity index (χ2n) is 4.43. The summed E-state index contributed by atoms with van der Waals surface area (Å²) in [4.78, 5) is 11.0. The minimum absolute atomic E-state index is 0.0486. The topological polar surface area (TPSA) is 42.2 Å². The van der Waals surface area contributed by atoms with Crippen LogP contribution in [0, 0.1) is 0 Å². The van der Waals surface area contributed by atoms with Gasteiger partial charge in [0.25, 0.3) is 0 Å². The van der Waals surface area contributed by atoms with Crippen molar-refractivity contribution in [2.45, 2.75) is 26.0 Å². The molecule has 1 aromatic heterocycles. The fourth-order valence-corrected chi connectivity index (χ4v) is 2.32. The minimum atomic E-state index is -0.0486. The molecular formula is C15H17NO2. The summed E-state index contributed by atoms with van der Waals surface area (Å²) in [5.74, 6) is 0. The lowest BCUT2D eigenvalue weighted by atomic mass is 10.1. The normalized spacial score (nSPS) is 12.3. The van der Waals surface area contributed by atoms with Gasteiger partial charge in [-0.15, -0.1) is 0 Å². The molecule has 0 radical (unpaired) electrons. The van der Waals surface area contributed by atoms with E-state index in [2.05, 4.69) is 19.1 Å². The van der Waals surface area contributed by atoms with Gasteiger partial charge in [-0.2, -0.15) is 0 Å². The molecule has 18 heavy (non-hydrogen) atoms. The third kappa shape index (κ3) is 2.51. The Balaban J connectivity index is 2.25. The SMILES string of the molecule is CC(Cc1ccccc1)n1c(C=O)ccc1CO. The number of benzene rings is 1. The zero-order valence-electron chi connectivity index (χ0n) is 10.4. The van der Waals surface area contributed by atoms with Crippen LogP contribution in [0.2, 0.25) is 0 Å². The maximum Gasteiger partial charge on any atom is 0.166 e. The molecule has 1 N–H and O–H groups in total. The van der Waals surface area contributed by atoms with E-state index >= 15 is 0 Å². The van der Waals surface area contributed by atoms with Crippen LogP contribution >= 0.6 is 0 Å². The average Bonchev–Trinajstić information content (AvgIpc) is 2.82. The number of nitrogens with zero attached hydrogens (tertiary/aromatic N) is 1. The van der Waals surface area contributed by atoms with E-state index in [4.69, 9.17) is 0 Å². The van der Waals surface area contributed by atoms with Gasteiger partial charge >= 0.3 is 0 Å². The van der Waals surface area contributed by atoms with Crippen LogP contribution in [-0.4, -0.2) is 16.0 Å². The molecule has 94 valence electrons. The van der Waals surface area contributed by atoms with Gasteiger partial charge in [0.15, 0.2) is 6.29 Å². The van der Waals surface area contributed by atoms with Crippen LogP contribution in [0.25, 0.3) is 0 Å². The van der Waals surface area contributed by atoms with E-state index in [9.17, 15) is 9.90 Å². The molecule has 2 rings (SSSR count). The predicted octanol–water partition coefficient (Wildman–Crippen LogP) is 2.60. The number of carbonyl (C=O) groups excluding carboxylic acids is 1. The summed E-state index contributed by atoms with van der Waals surface area (Å²) in [6.07, 6.45) is 1.67. The Morgan fingerprint density at radius 2 is 1.94 bits per heavy atom. The summed E-state index contributed by atoms with van der Waals surface area (Å²) in [6.45, 7) is 2.01. The monoisotopic (exact) mass is 243 g/mol. The Morgan fingerprint density at radius 1 is 1.22 bits per heavy atom. The highest BCUT2D eigenvalue weighted by atomic mass is 16.3. The number of aldehydes is 1. The van der Waals surface area contributed by atoms with Crippen molar-refractivity contribution in [2.24, 2.45) is 0 Å². The van der Waals surface area contributed by atoms with Gasteiger partial charge in [0.1, 0.15) is 0 Å². The van der Waals surface area contributed by atoms with Gasteiger partial charge in [0.2, 0.25) is 0 Å². The van der Waals surface area contributed by atoms with Gasteiger partial charge in [-0.1, -0.05) is 30.3 Å². The highest BCUT2D eigenvalue weighted by molar-refractivity contribution is 5.72. The molecule has 3 heteroatoms. The van der Waals surface area contributed by atoms with Crippen molar-refractivity contribution in [3.63, 3.8) is 0 Å². The number of carbonyl (C=O) groups is 1. The van der Waals surface area contributed by atoms with E-state index in [1.54, 1.807) is 12.1 Å². The molecule has 0 aliphatic heterocycles. The summed E-state index contributed by atoms with van der Waals surface area (Å²) >= 11 is 0. The summed E-state index contributed by atoms with van der Waals surface area (Å²) in [5, 5.41) is 9.31. The van der Waals surface area contributed by atoms with Gasteiger partial charge in [-0.3, -0.25) is 4.79 Å². The van der Waals surface area contributed by atoms with Gasteiger partial charge in [-0.05, 0) is 31.0 Å². The van der Waals surface area contributed by atoms with Crippen molar-refractivity contribution in [3.8, 4) is 0 Å². The second kappa shape index (κ2) is 5.65. The standard InChI is InChI=1S/C15H17NO2/c1-12(9-13-5-3-2-4-6-13)16-14(10-17)7-8-15(16)11-18/h2-8,10,12,18H,9,11H2,1H3. The van der Waals surface area contributed by atoms with Crippen molar-refractivity contribution in [1.29, 1.82) is 0 Å². The highest BCUT2D eigenvalue weighted by Crippen LogP contribution is 2.19. The molecule has 0 aliphatic rings. The molecule has 1 aromatic carbocycles. The lowest BCUT2D eigenvalue weighted by Gasteiger charge is -2.18. The van der Waals surface area contributed by atoms with E-state index in [1.165, 1.54) is 5.56 Å². The number of hydrogen-bond donors (Lipinski definition) is 1. The van der Waals surface area contributed by atoms with Crippen molar-refractivity contribution >= 4 is 6.29 Å². The lowest BCUT2D eigenvalue weighted by Crippen LogP contribution is -2.14. The number of aromatic nitrogens is 1. The first-order valence-electron chi connectivity index (χ1n) is 6.06. The van der Waals surface area contributed by atoms with E-state index in [-0.39, 0.29) is 12.6 Å². The molecule has 3 nitrogen and oxygen atoms in total. The first-order valence-corrected chi connectivity index (χ1v) is 6.06. The summed E-state index contributed by atoms with van der Waals surface area (Å²) in [6, 6.07) is 13.8. The first-order chi connectivity index (χ1) is 8.76. The predicted molar refractivity (Wildman–Crippen MR) is 70.6 cm³/mol. The summed E-state index contributed by atoms with van der Waals surface area (Å²) in [7, 11) is 0. The Hall–Kier alpha value is -1.87. The molecule has 0 spiro atoms. The molecule has 0 bridgehead atoms. The number of aliphatic hydroxyl groups excluding tert-OH is 1. The van der Waals surface area contributed by atoms with Crippen molar-refractivity contribution in [1.82, 2.24) is 4.57 Å². The van der Waals surface area contributed by atoms with E-state index in [0.717, 1.165) is 18.4 Å². The molecule has 0 saturated carbocycles. The third-order valence-corrected chi connectivity index (χ3v) is 3.13. The van der Waals surface area contributed by atoms with Gasteiger partial charge in [0.05, 0.1) is 12.3 Å². The fraction of sp³-hybridized carbons (Fsp3) is 0.267. The Labute approximate surface area is 107 Å². The maximum atomic E-state index is 11.0. The molecule has 1 atom stereocenters. The largest absolute Gasteiger partial charge is 0.390 e. The van der Waals surface area contributed by atoms with Gasteiger partial charge in [0, 0.05) is 11.7 Å². The van der Waals surface area contributed by atoms with Crippen LogP contribution < -0.4 is 0 Å². The number of hydrogen-bond acceptors (Lipinski definition) is 2. The highest BCUT2D eigenvalue weighted by Gasteiger charge is 2.13. The third-order valence-electron chi connectivity index (χ3n) is 3.13. The number of aliphatic hydroxyl groups is 1. The van der Waals surface area contributed by atoms with Crippen LogP contribution in [0.15, 0.2) is 42.5 Å². The zero-order chi connectivity index (χ0) is 13.0. The van der Waals surface area contributed by atoms with Crippen molar-refractivity contribution < 1.29 is 9.90 Å². The maximum absolute atomic E-state index is 11.0. The van der Waals surface area contributed by atoms with Crippen LogP contribution in [0.5, 0.6) is 0 Å².